The Kier molecular flexibility index (Phi) is 8.71. The summed E-state index contributed by atoms with van der Waals surface area (Å²) < 4.78 is 0. The fraction of sp³-hybridized carbons (Fsp3) is 0.688. The van der Waals surface area contributed by atoms with E-state index >= 15 is 0 Å². The molecule has 1 aromatic rings. The zero-order chi connectivity index (χ0) is 15.2. The Labute approximate surface area is 155 Å². The minimum Gasteiger partial charge on any atom is -0.357 e. The van der Waals surface area contributed by atoms with Gasteiger partial charge in [-0.15, -0.1) is 35.3 Å². The first-order chi connectivity index (χ1) is 10.1. The molecule has 0 aromatic carbocycles. The zero-order valence-corrected chi connectivity index (χ0v) is 17.2. The Morgan fingerprint density at radius 2 is 2.14 bits per heavy atom. The van der Waals surface area contributed by atoms with Gasteiger partial charge in [-0.3, -0.25) is 0 Å². The summed E-state index contributed by atoms with van der Waals surface area (Å²) >= 11 is 1.78. The molecule has 0 saturated heterocycles. The number of hydrogen-bond acceptors (Lipinski definition) is 3. The van der Waals surface area contributed by atoms with Gasteiger partial charge in [-0.05, 0) is 63.7 Å². The van der Waals surface area contributed by atoms with Crippen LogP contribution >= 0.6 is 35.3 Å². The van der Waals surface area contributed by atoms with E-state index in [-0.39, 0.29) is 24.0 Å². The van der Waals surface area contributed by atoms with Crippen molar-refractivity contribution in [3.05, 3.63) is 21.9 Å². The van der Waals surface area contributed by atoms with E-state index in [1.54, 1.807) is 11.3 Å². The van der Waals surface area contributed by atoms with Crippen LogP contribution in [-0.2, 0) is 6.54 Å². The van der Waals surface area contributed by atoms with Crippen molar-refractivity contribution < 1.29 is 0 Å². The Morgan fingerprint density at radius 3 is 2.64 bits per heavy atom. The minimum atomic E-state index is 0. The van der Waals surface area contributed by atoms with E-state index in [1.165, 1.54) is 23.3 Å². The average Bonchev–Trinajstić information content (AvgIpc) is 3.19. The number of halogens is 1. The van der Waals surface area contributed by atoms with Crippen LogP contribution in [0.3, 0.4) is 0 Å². The van der Waals surface area contributed by atoms with E-state index in [0.29, 0.717) is 6.04 Å². The van der Waals surface area contributed by atoms with Crippen molar-refractivity contribution in [1.82, 2.24) is 15.5 Å². The highest BCUT2D eigenvalue weighted by molar-refractivity contribution is 14.0. The summed E-state index contributed by atoms with van der Waals surface area (Å²) in [6, 6.07) is 2.77. The van der Waals surface area contributed by atoms with Crippen molar-refractivity contribution in [2.75, 3.05) is 27.2 Å². The summed E-state index contributed by atoms with van der Waals surface area (Å²) in [6.45, 7) is 6.88. The molecule has 126 valence electrons. The fourth-order valence-electron chi connectivity index (χ4n) is 2.51. The Balaban J connectivity index is 0.00000242. The van der Waals surface area contributed by atoms with Crippen LogP contribution in [0.15, 0.2) is 16.4 Å². The molecule has 1 unspecified atom stereocenters. The molecular weight excluding hydrogens is 407 g/mol. The smallest absolute Gasteiger partial charge is 0.191 e. The lowest BCUT2D eigenvalue weighted by atomic mass is 10.1. The van der Waals surface area contributed by atoms with Gasteiger partial charge >= 0.3 is 0 Å². The lowest BCUT2D eigenvalue weighted by Gasteiger charge is -2.25. The molecular formula is C16H29IN4S. The third kappa shape index (κ3) is 6.04. The first kappa shape index (κ1) is 19.7. The molecule has 0 aliphatic heterocycles. The number of aliphatic imine (C=N–C) groups is 1. The standard InChI is InChI=1S/C16H28N4S.HI/c1-5-17-16(19-11-15-12(2)8-9-21-15)18-10-14(20(3)4)13-6-7-13;/h8-9,13-14H,5-7,10-11H2,1-4H3,(H2,17,18,19);1H. The summed E-state index contributed by atoms with van der Waals surface area (Å²) in [5, 5.41) is 8.98. The molecule has 2 rings (SSSR count). The van der Waals surface area contributed by atoms with Gasteiger partial charge in [0.25, 0.3) is 0 Å². The van der Waals surface area contributed by atoms with E-state index in [4.69, 9.17) is 4.99 Å². The molecule has 2 N–H and O–H groups in total. The Morgan fingerprint density at radius 1 is 1.41 bits per heavy atom. The van der Waals surface area contributed by atoms with Gasteiger partial charge < -0.3 is 15.5 Å². The van der Waals surface area contributed by atoms with Gasteiger partial charge in [0, 0.05) is 24.0 Å². The topological polar surface area (TPSA) is 39.7 Å². The third-order valence-electron chi connectivity index (χ3n) is 4.00. The van der Waals surface area contributed by atoms with E-state index in [1.807, 2.05) is 0 Å². The second-order valence-corrected chi connectivity index (χ2v) is 6.97. The summed E-state index contributed by atoms with van der Waals surface area (Å²) in [5.74, 6) is 1.78. The molecule has 22 heavy (non-hydrogen) atoms. The molecule has 0 amide bonds. The van der Waals surface area contributed by atoms with Crippen LogP contribution in [0.2, 0.25) is 0 Å². The van der Waals surface area contributed by atoms with Gasteiger partial charge in [0.15, 0.2) is 5.96 Å². The highest BCUT2D eigenvalue weighted by Gasteiger charge is 2.32. The first-order valence-corrected chi connectivity index (χ1v) is 8.71. The summed E-state index contributed by atoms with van der Waals surface area (Å²) in [7, 11) is 4.34. The molecule has 0 radical (unpaired) electrons. The number of nitrogens with one attached hydrogen (secondary N) is 2. The average molecular weight is 436 g/mol. The number of hydrogen-bond donors (Lipinski definition) is 2. The Bertz CT molecular complexity index is 466. The lowest BCUT2D eigenvalue weighted by molar-refractivity contribution is 0.264. The maximum atomic E-state index is 4.71. The number of thiophene rings is 1. The molecule has 1 aliphatic carbocycles. The summed E-state index contributed by atoms with van der Waals surface area (Å²) in [4.78, 5) is 8.39. The lowest BCUT2D eigenvalue weighted by Crippen LogP contribution is -2.46. The van der Waals surface area contributed by atoms with Crippen molar-refractivity contribution >= 4 is 41.3 Å². The number of guanidine groups is 1. The summed E-state index contributed by atoms with van der Waals surface area (Å²) in [6.07, 6.45) is 2.74. The molecule has 1 fully saturated rings. The molecule has 1 aliphatic rings. The SMILES string of the molecule is CCNC(=NCc1sccc1C)NCC(C1CC1)N(C)C.I. The van der Waals surface area contributed by atoms with Crippen LogP contribution < -0.4 is 10.6 Å². The van der Waals surface area contributed by atoms with Gasteiger partial charge in [-0.2, -0.15) is 0 Å². The van der Waals surface area contributed by atoms with Gasteiger partial charge in [0.05, 0.1) is 6.54 Å². The second-order valence-electron chi connectivity index (χ2n) is 5.97. The van der Waals surface area contributed by atoms with Crippen LogP contribution in [0.4, 0.5) is 0 Å². The van der Waals surface area contributed by atoms with Crippen LogP contribution in [0.5, 0.6) is 0 Å². The highest BCUT2D eigenvalue weighted by atomic mass is 127. The molecule has 0 bridgehead atoms. The predicted octanol–water partition coefficient (Wildman–Crippen LogP) is 3.07. The van der Waals surface area contributed by atoms with Gasteiger partial charge in [0.1, 0.15) is 0 Å². The molecule has 6 heteroatoms. The van der Waals surface area contributed by atoms with Crippen LogP contribution in [0.25, 0.3) is 0 Å². The molecule has 1 aromatic heterocycles. The molecule has 1 atom stereocenters. The maximum Gasteiger partial charge on any atom is 0.191 e. The van der Waals surface area contributed by atoms with Crippen LogP contribution in [0.1, 0.15) is 30.2 Å². The molecule has 0 spiro atoms. The van der Waals surface area contributed by atoms with E-state index in [2.05, 4.69) is 54.9 Å². The maximum absolute atomic E-state index is 4.71. The van der Waals surface area contributed by atoms with Crippen LogP contribution in [0, 0.1) is 12.8 Å². The number of likely N-dealkylation sites (N-methyl/N-ethyl adjacent to an activating group) is 1. The Hall–Kier alpha value is -0.340. The zero-order valence-electron chi connectivity index (χ0n) is 14.1. The normalized spacial score (nSPS) is 16.3. The summed E-state index contributed by atoms with van der Waals surface area (Å²) in [5.41, 5.74) is 1.34. The number of aryl methyl sites for hydroxylation is 1. The quantitative estimate of drug-likeness (QED) is 0.392. The second kappa shape index (κ2) is 9.72. The van der Waals surface area contributed by atoms with E-state index in [0.717, 1.165) is 31.5 Å². The van der Waals surface area contributed by atoms with Gasteiger partial charge in [-0.1, -0.05) is 0 Å². The van der Waals surface area contributed by atoms with Crippen molar-refractivity contribution in [3.8, 4) is 0 Å². The monoisotopic (exact) mass is 436 g/mol. The third-order valence-corrected chi connectivity index (χ3v) is 5.01. The minimum absolute atomic E-state index is 0. The highest BCUT2D eigenvalue weighted by Crippen LogP contribution is 2.34. The fourth-order valence-corrected chi connectivity index (χ4v) is 3.34. The number of nitrogens with zero attached hydrogens (tertiary/aromatic N) is 2. The van der Waals surface area contributed by atoms with Crippen molar-refractivity contribution in [2.45, 2.75) is 39.3 Å². The largest absolute Gasteiger partial charge is 0.357 e. The predicted molar refractivity (Wildman–Crippen MR) is 107 cm³/mol. The van der Waals surface area contributed by atoms with Crippen molar-refractivity contribution in [2.24, 2.45) is 10.9 Å². The van der Waals surface area contributed by atoms with Crippen LogP contribution in [-0.4, -0.2) is 44.1 Å². The van der Waals surface area contributed by atoms with Gasteiger partial charge in [0.2, 0.25) is 0 Å². The van der Waals surface area contributed by atoms with E-state index in [9.17, 15) is 0 Å². The number of rotatable bonds is 7. The molecule has 1 saturated carbocycles. The van der Waals surface area contributed by atoms with E-state index < -0.39 is 0 Å². The molecule has 4 nitrogen and oxygen atoms in total. The van der Waals surface area contributed by atoms with Gasteiger partial charge in [-0.25, -0.2) is 4.99 Å². The van der Waals surface area contributed by atoms with Crippen molar-refractivity contribution in [3.63, 3.8) is 0 Å². The first-order valence-electron chi connectivity index (χ1n) is 7.83. The van der Waals surface area contributed by atoms with Crippen molar-refractivity contribution in [1.29, 1.82) is 0 Å². The molecule has 1 heterocycles.